The Kier molecular flexibility index (Phi) is 6.64. The molecular formula is C19H28N2O3. The summed E-state index contributed by atoms with van der Waals surface area (Å²) in [7, 11) is 0. The first kappa shape index (κ1) is 18.3. The lowest BCUT2D eigenvalue weighted by molar-refractivity contribution is -0.129. The van der Waals surface area contributed by atoms with E-state index in [1.54, 1.807) is 0 Å². The molecule has 0 aromatic heterocycles. The summed E-state index contributed by atoms with van der Waals surface area (Å²) in [5, 5.41) is 5.87. The van der Waals surface area contributed by atoms with Crippen LogP contribution in [-0.2, 0) is 9.59 Å². The lowest BCUT2D eigenvalue weighted by atomic mass is 9.96. The number of hydrogen-bond acceptors (Lipinski definition) is 3. The summed E-state index contributed by atoms with van der Waals surface area (Å²) in [6.07, 6.45) is 4.25. The van der Waals surface area contributed by atoms with Crippen molar-refractivity contribution in [1.82, 2.24) is 10.6 Å². The zero-order chi connectivity index (χ0) is 17.5. The standard InChI is InChI=1S/C19H28N2O3/c1-4-24-17-11-9-15(10-12-17)13(2)20-19(23)18(21-14(3)22)16-7-5-6-8-16/h9-13,16,18H,4-8H2,1-3H3,(H,20,23)(H,21,22). The fourth-order valence-electron chi connectivity index (χ4n) is 3.31. The van der Waals surface area contributed by atoms with Gasteiger partial charge in [0, 0.05) is 6.92 Å². The third-order valence-electron chi connectivity index (χ3n) is 4.56. The fourth-order valence-corrected chi connectivity index (χ4v) is 3.31. The first-order valence-corrected chi connectivity index (χ1v) is 8.81. The Bertz CT molecular complexity index is 550. The summed E-state index contributed by atoms with van der Waals surface area (Å²) in [5.41, 5.74) is 1.01. The van der Waals surface area contributed by atoms with Gasteiger partial charge in [-0.15, -0.1) is 0 Å². The van der Waals surface area contributed by atoms with Crippen LogP contribution in [0.5, 0.6) is 5.75 Å². The van der Waals surface area contributed by atoms with E-state index < -0.39 is 6.04 Å². The molecule has 1 fully saturated rings. The van der Waals surface area contributed by atoms with E-state index in [0.29, 0.717) is 6.61 Å². The van der Waals surface area contributed by atoms with E-state index in [2.05, 4.69) is 10.6 Å². The van der Waals surface area contributed by atoms with Crippen LogP contribution in [0.15, 0.2) is 24.3 Å². The van der Waals surface area contributed by atoms with Crippen LogP contribution in [0.3, 0.4) is 0 Å². The van der Waals surface area contributed by atoms with Gasteiger partial charge in [-0.1, -0.05) is 25.0 Å². The van der Waals surface area contributed by atoms with Gasteiger partial charge >= 0.3 is 0 Å². The van der Waals surface area contributed by atoms with E-state index in [0.717, 1.165) is 37.0 Å². The number of carbonyl (C=O) groups is 2. The minimum atomic E-state index is -0.435. The smallest absolute Gasteiger partial charge is 0.243 e. The fraction of sp³-hybridized carbons (Fsp3) is 0.579. The van der Waals surface area contributed by atoms with Crippen LogP contribution in [0.25, 0.3) is 0 Å². The Morgan fingerprint density at radius 1 is 1.17 bits per heavy atom. The van der Waals surface area contributed by atoms with Crippen molar-refractivity contribution < 1.29 is 14.3 Å². The molecule has 2 N–H and O–H groups in total. The molecule has 132 valence electrons. The maximum atomic E-state index is 12.7. The molecule has 1 aromatic rings. The summed E-state index contributed by atoms with van der Waals surface area (Å²) >= 11 is 0. The molecule has 0 radical (unpaired) electrons. The summed E-state index contributed by atoms with van der Waals surface area (Å²) in [6.45, 7) is 5.99. The topological polar surface area (TPSA) is 67.4 Å². The lowest BCUT2D eigenvalue weighted by Gasteiger charge is -2.25. The van der Waals surface area contributed by atoms with Gasteiger partial charge in [-0.25, -0.2) is 0 Å². The Morgan fingerprint density at radius 2 is 1.79 bits per heavy atom. The minimum absolute atomic E-state index is 0.0986. The van der Waals surface area contributed by atoms with E-state index in [-0.39, 0.29) is 23.8 Å². The highest BCUT2D eigenvalue weighted by Gasteiger charge is 2.31. The molecule has 24 heavy (non-hydrogen) atoms. The predicted molar refractivity (Wildman–Crippen MR) is 93.7 cm³/mol. The molecule has 0 saturated heterocycles. The summed E-state index contributed by atoms with van der Waals surface area (Å²) in [6, 6.07) is 7.17. The second-order valence-corrected chi connectivity index (χ2v) is 6.46. The molecule has 1 saturated carbocycles. The van der Waals surface area contributed by atoms with E-state index in [4.69, 9.17) is 4.74 Å². The van der Waals surface area contributed by atoms with Gasteiger partial charge in [-0.05, 0) is 50.3 Å². The largest absolute Gasteiger partial charge is 0.494 e. The second-order valence-electron chi connectivity index (χ2n) is 6.46. The van der Waals surface area contributed by atoms with Gasteiger partial charge in [-0.3, -0.25) is 9.59 Å². The number of carbonyl (C=O) groups excluding carboxylic acids is 2. The average molecular weight is 332 g/mol. The normalized spacial score (nSPS) is 17.1. The van der Waals surface area contributed by atoms with Gasteiger partial charge in [-0.2, -0.15) is 0 Å². The predicted octanol–water partition coefficient (Wildman–Crippen LogP) is 2.96. The molecular weight excluding hydrogens is 304 g/mol. The highest BCUT2D eigenvalue weighted by molar-refractivity contribution is 5.87. The molecule has 0 heterocycles. The highest BCUT2D eigenvalue weighted by atomic mass is 16.5. The van der Waals surface area contributed by atoms with Crippen molar-refractivity contribution in [3.8, 4) is 5.75 Å². The zero-order valence-electron chi connectivity index (χ0n) is 14.8. The number of nitrogens with one attached hydrogen (secondary N) is 2. The Hall–Kier alpha value is -2.04. The van der Waals surface area contributed by atoms with Crippen LogP contribution < -0.4 is 15.4 Å². The third-order valence-corrected chi connectivity index (χ3v) is 4.56. The number of amides is 2. The van der Waals surface area contributed by atoms with Crippen molar-refractivity contribution in [2.75, 3.05) is 6.61 Å². The van der Waals surface area contributed by atoms with E-state index >= 15 is 0 Å². The number of rotatable bonds is 7. The molecule has 2 amide bonds. The molecule has 0 aliphatic heterocycles. The SMILES string of the molecule is CCOc1ccc(C(C)NC(=O)C(NC(C)=O)C2CCCC2)cc1. The van der Waals surface area contributed by atoms with Crippen molar-refractivity contribution in [2.24, 2.45) is 5.92 Å². The van der Waals surface area contributed by atoms with Gasteiger partial charge in [0.2, 0.25) is 11.8 Å². The van der Waals surface area contributed by atoms with Crippen LogP contribution in [0.1, 0.15) is 58.1 Å². The summed E-state index contributed by atoms with van der Waals surface area (Å²) < 4.78 is 5.44. The number of ether oxygens (including phenoxy) is 1. The minimum Gasteiger partial charge on any atom is -0.494 e. The molecule has 2 unspecified atom stereocenters. The van der Waals surface area contributed by atoms with Crippen LogP contribution in [0.2, 0.25) is 0 Å². The van der Waals surface area contributed by atoms with Crippen LogP contribution in [0.4, 0.5) is 0 Å². The molecule has 0 bridgehead atoms. The Morgan fingerprint density at radius 3 is 2.33 bits per heavy atom. The van der Waals surface area contributed by atoms with Crippen LogP contribution in [-0.4, -0.2) is 24.5 Å². The zero-order valence-corrected chi connectivity index (χ0v) is 14.8. The van der Waals surface area contributed by atoms with Crippen molar-refractivity contribution >= 4 is 11.8 Å². The van der Waals surface area contributed by atoms with Crippen LogP contribution in [0, 0.1) is 5.92 Å². The van der Waals surface area contributed by atoms with E-state index in [1.165, 1.54) is 6.92 Å². The quantitative estimate of drug-likeness (QED) is 0.807. The second kappa shape index (κ2) is 8.71. The Labute approximate surface area is 144 Å². The summed E-state index contributed by atoms with van der Waals surface area (Å²) in [5.74, 6) is 0.803. The summed E-state index contributed by atoms with van der Waals surface area (Å²) in [4.78, 5) is 24.1. The molecule has 2 atom stereocenters. The molecule has 1 aliphatic carbocycles. The molecule has 5 nitrogen and oxygen atoms in total. The highest BCUT2D eigenvalue weighted by Crippen LogP contribution is 2.28. The maximum absolute atomic E-state index is 12.7. The first-order chi connectivity index (χ1) is 11.5. The van der Waals surface area contributed by atoms with Gasteiger partial charge in [0.05, 0.1) is 12.6 Å². The first-order valence-electron chi connectivity index (χ1n) is 8.81. The number of benzene rings is 1. The third kappa shape index (κ3) is 4.98. The van der Waals surface area contributed by atoms with Crippen LogP contribution >= 0.6 is 0 Å². The maximum Gasteiger partial charge on any atom is 0.243 e. The molecule has 5 heteroatoms. The van der Waals surface area contributed by atoms with Gasteiger partial charge in [0.1, 0.15) is 11.8 Å². The molecule has 1 aromatic carbocycles. The number of hydrogen-bond donors (Lipinski definition) is 2. The van der Waals surface area contributed by atoms with Gasteiger partial charge in [0.15, 0.2) is 0 Å². The van der Waals surface area contributed by atoms with E-state index in [9.17, 15) is 9.59 Å². The molecule has 1 aliphatic rings. The van der Waals surface area contributed by atoms with Gasteiger partial charge in [0.25, 0.3) is 0 Å². The molecule has 0 spiro atoms. The van der Waals surface area contributed by atoms with Crippen molar-refractivity contribution in [3.63, 3.8) is 0 Å². The van der Waals surface area contributed by atoms with Crippen molar-refractivity contribution in [1.29, 1.82) is 0 Å². The lowest BCUT2D eigenvalue weighted by Crippen LogP contribution is -2.50. The van der Waals surface area contributed by atoms with E-state index in [1.807, 2.05) is 38.1 Å². The van der Waals surface area contributed by atoms with Gasteiger partial charge < -0.3 is 15.4 Å². The Balaban J connectivity index is 2.00. The van der Waals surface area contributed by atoms with Crippen molar-refractivity contribution in [3.05, 3.63) is 29.8 Å². The average Bonchev–Trinajstić information content (AvgIpc) is 3.07. The molecule has 2 rings (SSSR count). The van der Waals surface area contributed by atoms with Crippen molar-refractivity contribution in [2.45, 2.75) is 58.5 Å². The monoisotopic (exact) mass is 332 g/mol.